The number of ether oxygens (including phenoxy) is 1. The first kappa shape index (κ1) is 22.4. The Balaban J connectivity index is 1.56. The number of nitrogens with zero attached hydrogens (tertiary/aromatic N) is 3. The van der Waals surface area contributed by atoms with Crippen molar-refractivity contribution < 1.29 is 22.7 Å². The van der Waals surface area contributed by atoms with Crippen LogP contribution in [0.15, 0.2) is 35.4 Å². The van der Waals surface area contributed by atoms with Gasteiger partial charge < -0.3 is 14.6 Å². The normalized spacial score (nSPS) is 17.0. The molecule has 0 aliphatic carbocycles. The van der Waals surface area contributed by atoms with Crippen molar-refractivity contribution in [1.29, 1.82) is 0 Å². The lowest BCUT2D eigenvalue weighted by Crippen LogP contribution is -2.43. The molecule has 1 saturated heterocycles. The fourth-order valence-corrected chi connectivity index (χ4v) is 6.48. The zero-order valence-corrected chi connectivity index (χ0v) is 19.6. The Morgan fingerprint density at radius 2 is 2.09 bits per heavy atom. The SMILES string of the molecule is CCOC(=O)c1cc(S(=O)(=O)N2CCC[C@@H]2C(=O)Nc2nc3ccc(C)cc3s2)cn1C. The molecule has 0 radical (unpaired) electrons. The van der Waals surface area contributed by atoms with Crippen LogP contribution in [-0.2, 0) is 26.6 Å². The number of hydrogen-bond acceptors (Lipinski definition) is 7. The Morgan fingerprint density at radius 3 is 2.84 bits per heavy atom. The van der Waals surface area contributed by atoms with Crippen LogP contribution in [0.25, 0.3) is 10.2 Å². The predicted molar refractivity (Wildman–Crippen MR) is 121 cm³/mol. The third kappa shape index (κ3) is 4.15. The van der Waals surface area contributed by atoms with Crippen LogP contribution in [0.4, 0.5) is 5.13 Å². The highest BCUT2D eigenvalue weighted by Crippen LogP contribution is 2.30. The molecule has 3 heterocycles. The van der Waals surface area contributed by atoms with Crippen LogP contribution in [0, 0.1) is 6.92 Å². The van der Waals surface area contributed by atoms with Crippen molar-refractivity contribution in [2.45, 2.75) is 37.6 Å². The first-order valence-electron chi connectivity index (χ1n) is 10.2. The lowest BCUT2D eigenvalue weighted by Gasteiger charge is -2.22. The van der Waals surface area contributed by atoms with Crippen molar-refractivity contribution in [2.75, 3.05) is 18.5 Å². The van der Waals surface area contributed by atoms with Gasteiger partial charge in [0.1, 0.15) is 16.6 Å². The van der Waals surface area contributed by atoms with Crippen molar-refractivity contribution in [3.05, 3.63) is 41.7 Å². The van der Waals surface area contributed by atoms with Crippen molar-refractivity contribution in [2.24, 2.45) is 7.05 Å². The third-order valence-electron chi connectivity index (χ3n) is 5.35. The van der Waals surface area contributed by atoms with Crippen molar-refractivity contribution in [1.82, 2.24) is 13.9 Å². The summed E-state index contributed by atoms with van der Waals surface area (Å²) in [6.45, 7) is 4.07. The van der Waals surface area contributed by atoms with E-state index in [1.807, 2.05) is 25.1 Å². The van der Waals surface area contributed by atoms with Gasteiger partial charge in [-0.3, -0.25) is 4.79 Å². The van der Waals surface area contributed by atoms with Gasteiger partial charge in [-0.2, -0.15) is 4.31 Å². The first-order chi connectivity index (χ1) is 15.2. The molecular formula is C21H24N4O5S2. The molecule has 3 aromatic rings. The molecule has 1 aliphatic rings. The molecule has 0 saturated carbocycles. The Bertz CT molecular complexity index is 1290. The zero-order chi connectivity index (χ0) is 23.0. The molecule has 0 unspecified atom stereocenters. The number of carbonyl (C=O) groups is 2. The highest BCUT2D eigenvalue weighted by atomic mass is 32.2. The van der Waals surface area contributed by atoms with Crippen molar-refractivity contribution >= 4 is 48.6 Å². The number of carbonyl (C=O) groups excluding carboxylic acids is 2. The van der Waals surface area contributed by atoms with Crippen LogP contribution in [0.3, 0.4) is 0 Å². The molecule has 1 amide bonds. The van der Waals surface area contributed by atoms with Gasteiger partial charge in [-0.1, -0.05) is 17.4 Å². The number of sulfonamides is 1. The largest absolute Gasteiger partial charge is 0.461 e. The average molecular weight is 477 g/mol. The Labute approximate surface area is 190 Å². The van der Waals surface area contributed by atoms with Crippen LogP contribution in [-0.4, -0.2) is 53.3 Å². The van der Waals surface area contributed by atoms with Gasteiger partial charge in [0.15, 0.2) is 5.13 Å². The minimum absolute atomic E-state index is 0.0433. The fraction of sp³-hybridized carbons (Fsp3) is 0.381. The van der Waals surface area contributed by atoms with Gasteiger partial charge in [-0.25, -0.2) is 18.2 Å². The van der Waals surface area contributed by atoms with E-state index in [0.29, 0.717) is 18.0 Å². The van der Waals surface area contributed by atoms with E-state index in [1.54, 1.807) is 14.0 Å². The van der Waals surface area contributed by atoms with E-state index in [1.165, 1.54) is 32.5 Å². The summed E-state index contributed by atoms with van der Waals surface area (Å²) in [6, 6.07) is 6.27. The van der Waals surface area contributed by atoms with Gasteiger partial charge in [0.25, 0.3) is 0 Å². The standard InChI is InChI=1S/C21H24N4O5S2/c1-4-30-20(27)17-11-14(12-24(17)3)32(28,29)25-9-5-6-16(25)19(26)23-21-22-15-8-7-13(2)10-18(15)31-21/h7-8,10-12,16H,4-6,9H2,1-3H3,(H,22,23,26)/t16-/m1/s1. The number of hydrogen-bond donors (Lipinski definition) is 1. The molecule has 1 aromatic carbocycles. The maximum absolute atomic E-state index is 13.3. The second-order valence-electron chi connectivity index (χ2n) is 7.65. The summed E-state index contributed by atoms with van der Waals surface area (Å²) in [5, 5.41) is 3.22. The van der Waals surface area contributed by atoms with E-state index < -0.39 is 27.9 Å². The molecule has 170 valence electrons. The maximum atomic E-state index is 13.3. The van der Waals surface area contributed by atoms with E-state index in [4.69, 9.17) is 4.74 Å². The highest BCUT2D eigenvalue weighted by molar-refractivity contribution is 7.89. The predicted octanol–water partition coefficient (Wildman–Crippen LogP) is 2.91. The number of esters is 1. The van der Waals surface area contributed by atoms with Crippen LogP contribution in [0.1, 0.15) is 35.8 Å². The molecule has 1 atom stereocenters. The second kappa shape index (κ2) is 8.64. The smallest absolute Gasteiger partial charge is 0.354 e. The van der Waals surface area contributed by atoms with Gasteiger partial charge in [0, 0.05) is 19.8 Å². The summed E-state index contributed by atoms with van der Waals surface area (Å²) in [4.78, 5) is 29.4. The minimum Gasteiger partial charge on any atom is -0.461 e. The molecule has 0 bridgehead atoms. The lowest BCUT2D eigenvalue weighted by molar-refractivity contribution is -0.119. The number of benzene rings is 1. The number of amides is 1. The average Bonchev–Trinajstić information content (AvgIpc) is 3.45. The van der Waals surface area contributed by atoms with Crippen molar-refractivity contribution in [3.8, 4) is 0 Å². The van der Waals surface area contributed by atoms with Gasteiger partial charge >= 0.3 is 5.97 Å². The molecule has 32 heavy (non-hydrogen) atoms. The van der Waals surface area contributed by atoms with Crippen LogP contribution >= 0.6 is 11.3 Å². The quantitative estimate of drug-likeness (QED) is 0.548. The number of thiazole rings is 1. The summed E-state index contributed by atoms with van der Waals surface area (Å²) >= 11 is 1.35. The number of aromatic nitrogens is 2. The molecular weight excluding hydrogens is 452 g/mol. The van der Waals surface area contributed by atoms with Crippen LogP contribution in [0.2, 0.25) is 0 Å². The molecule has 0 spiro atoms. The van der Waals surface area contributed by atoms with Gasteiger partial charge in [0.2, 0.25) is 15.9 Å². The minimum atomic E-state index is -3.98. The number of fused-ring (bicyclic) bond motifs is 1. The number of anilines is 1. The molecule has 4 rings (SSSR count). The van der Waals surface area contributed by atoms with E-state index >= 15 is 0 Å². The summed E-state index contributed by atoms with van der Waals surface area (Å²) in [5.41, 5.74) is 2.01. The second-order valence-corrected chi connectivity index (χ2v) is 10.6. The van der Waals surface area contributed by atoms with E-state index in [-0.39, 0.29) is 23.7 Å². The maximum Gasteiger partial charge on any atom is 0.354 e. The highest BCUT2D eigenvalue weighted by Gasteiger charge is 2.40. The van der Waals surface area contributed by atoms with Crippen molar-refractivity contribution in [3.63, 3.8) is 0 Å². The summed E-state index contributed by atoms with van der Waals surface area (Å²) in [5.74, 6) is -1.01. The Hall–Kier alpha value is -2.76. The van der Waals surface area contributed by atoms with Gasteiger partial charge in [-0.05, 0) is 50.5 Å². The Kier molecular flexibility index (Phi) is 6.06. The van der Waals surface area contributed by atoms with E-state index in [2.05, 4.69) is 10.3 Å². The molecule has 9 nitrogen and oxygen atoms in total. The Morgan fingerprint density at radius 1 is 1.31 bits per heavy atom. The van der Waals surface area contributed by atoms with Gasteiger partial charge in [0.05, 0.1) is 16.8 Å². The third-order valence-corrected chi connectivity index (χ3v) is 8.16. The number of nitrogens with one attached hydrogen (secondary N) is 1. The van der Waals surface area contributed by atoms with Crippen LogP contribution < -0.4 is 5.32 Å². The topological polar surface area (TPSA) is 111 Å². The lowest BCUT2D eigenvalue weighted by atomic mass is 10.2. The monoisotopic (exact) mass is 476 g/mol. The van der Waals surface area contributed by atoms with Gasteiger partial charge in [-0.15, -0.1) is 0 Å². The molecule has 1 N–H and O–H groups in total. The molecule has 1 aliphatic heterocycles. The molecule has 1 fully saturated rings. The summed E-state index contributed by atoms with van der Waals surface area (Å²) < 4.78 is 35.1. The first-order valence-corrected chi connectivity index (χ1v) is 12.5. The zero-order valence-electron chi connectivity index (χ0n) is 18.0. The van der Waals surface area contributed by atoms with E-state index in [9.17, 15) is 18.0 Å². The summed E-state index contributed by atoms with van der Waals surface area (Å²) in [6.07, 6.45) is 2.34. The van der Waals surface area contributed by atoms with E-state index in [0.717, 1.165) is 15.8 Å². The molecule has 2 aromatic heterocycles. The number of rotatable bonds is 6. The summed E-state index contributed by atoms with van der Waals surface area (Å²) in [7, 11) is -2.40. The van der Waals surface area contributed by atoms with Crippen LogP contribution in [0.5, 0.6) is 0 Å². The molecule has 11 heteroatoms. The number of aryl methyl sites for hydroxylation is 2. The fourth-order valence-electron chi connectivity index (χ4n) is 3.78.